The molecule has 0 aliphatic heterocycles. The Labute approximate surface area is 159 Å². The fraction of sp³-hybridized carbons (Fsp3) is 0.105. The maximum atomic E-state index is 14.2. The fourth-order valence-corrected chi connectivity index (χ4v) is 2.91. The number of pyridine rings is 1. The van der Waals surface area contributed by atoms with Crippen molar-refractivity contribution in [3.05, 3.63) is 64.6 Å². The molecule has 0 atom stereocenters. The minimum absolute atomic E-state index is 0.0560. The number of hydrogen-bond acceptors (Lipinski definition) is 4. The number of halogens is 2. The third-order valence-electron chi connectivity index (χ3n) is 3.97. The number of rotatable bonds is 4. The third kappa shape index (κ3) is 3.54. The average molecular weight is 388 g/mol. The van der Waals surface area contributed by atoms with E-state index < -0.39 is 11.8 Å². The molecule has 6 nitrogen and oxygen atoms in total. The van der Waals surface area contributed by atoms with Crippen molar-refractivity contribution in [2.75, 3.05) is 19.4 Å². The highest BCUT2D eigenvalue weighted by atomic mass is 35.5. The molecule has 0 unspecified atom stereocenters. The lowest BCUT2D eigenvalue weighted by Gasteiger charge is -2.16. The van der Waals surface area contributed by atoms with Crippen LogP contribution < -0.4 is 5.32 Å². The van der Waals surface area contributed by atoms with Gasteiger partial charge in [0.05, 0.1) is 16.8 Å². The quantitative estimate of drug-likeness (QED) is 0.702. The van der Waals surface area contributed by atoms with Crippen LogP contribution >= 0.6 is 11.6 Å². The molecular weight excluding hydrogens is 373 g/mol. The number of anilines is 2. The molecule has 0 spiro atoms. The predicted octanol–water partition coefficient (Wildman–Crippen LogP) is 4.17. The first-order valence-electron chi connectivity index (χ1n) is 7.88. The number of hydrogen-bond donors (Lipinski definition) is 2. The van der Waals surface area contributed by atoms with E-state index in [0.717, 1.165) is 6.07 Å². The first-order valence-corrected chi connectivity index (χ1v) is 8.26. The second kappa shape index (κ2) is 7.20. The summed E-state index contributed by atoms with van der Waals surface area (Å²) in [6.45, 7) is 0. The number of aromatic nitrogens is 1. The summed E-state index contributed by atoms with van der Waals surface area (Å²) in [4.78, 5) is 29.0. The number of benzene rings is 2. The Hall–Kier alpha value is -3.19. The second-order valence-corrected chi connectivity index (χ2v) is 6.41. The molecule has 2 aromatic carbocycles. The number of aromatic carboxylic acids is 1. The van der Waals surface area contributed by atoms with Gasteiger partial charge in [-0.1, -0.05) is 23.7 Å². The second-order valence-electron chi connectivity index (χ2n) is 6.01. The van der Waals surface area contributed by atoms with E-state index in [1.54, 1.807) is 32.3 Å². The smallest absolute Gasteiger partial charge is 0.335 e. The minimum Gasteiger partial charge on any atom is -0.478 e. The molecule has 8 heteroatoms. The van der Waals surface area contributed by atoms with Gasteiger partial charge in [-0.3, -0.25) is 4.79 Å². The van der Waals surface area contributed by atoms with E-state index >= 15 is 0 Å². The van der Waals surface area contributed by atoms with Crippen LogP contribution in [0.25, 0.3) is 10.8 Å². The van der Waals surface area contributed by atoms with Crippen LogP contribution in [0.2, 0.25) is 5.02 Å². The van der Waals surface area contributed by atoms with Gasteiger partial charge in [0.25, 0.3) is 5.91 Å². The lowest BCUT2D eigenvalue weighted by molar-refractivity contribution is 0.0696. The highest BCUT2D eigenvalue weighted by Crippen LogP contribution is 2.33. The summed E-state index contributed by atoms with van der Waals surface area (Å²) < 4.78 is 14.2. The van der Waals surface area contributed by atoms with E-state index in [1.165, 1.54) is 23.2 Å². The Kier molecular flexibility index (Phi) is 4.96. The molecule has 0 fully saturated rings. The largest absolute Gasteiger partial charge is 0.478 e. The van der Waals surface area contributed by atoms with Crippen molar-refractivity contribution in [3.8, 4) is 0 Å². The van der Waals surface area contributed by atoms with Gasteiger partial charge >= 0.3 is 5.97 Å². The van der Waals surface area contributed by atoms with Crippen LogP contribution in [0.5, 0.6) is 0 Å². The van der Waals surface area contributed by atoms with Crippen LogP contribution in [0.15, 0.2) is 42.6 Å². The number of carbonyl (C=O) groups excluding carboxylic acids is 1. The molecule has 0 aliphatic rings. The monoisotopic (exact) mass is 387 g/mol. The van der Waals surface area contributed by atoms with Crippen LogP contribution in [-0.4, -0.2) is 41.0 Å². The zero-order valence-electron chi connectivity index (χ0n) is 14.5. The average Bonchev–Trinajstić information content (AvgIpc) is 2.63. The molecule has 1 amide bonds. The Morgan fingerprint density at radius 2 is 1.96 bits per heavy atom. The number of carboxylic acid groups (broad SMARTS) is 1. The first kappa shape index (κ1) is 18.6. The van der Waals surface area contributed by atoms with E-state index in [9.17, 15) is 14.0 Å². The van der Waals surface area contributed by atoms with Crippen LogP contribution in [0.1, 0.15) is 20.7 Å². The van der Waals surface area contributed by atoms with E-state index in [0.29, 0.717) is 27.2 Å². The summed E-state index contributed by atoms with van der Waals surface area (Å²) in [5.41, 5.74) is 0.221. The molecule has 1 aromatic heterocycles. The number of nitrogens with one attached hydrogen (secondary N) is 1. The Morgan fingerprint density at radius 3 is 2.59 bits per heavy atom. The summed E-state index contributed by atoms with van der Waals surface area (Å²) in [5, 5.41) is 13.2. The van der Waals surface area contributed by atoms with Crippen molar-refractivity contribution < 1.29 is 19.1 Å². The zero-order chi connectivity index (χ0) is 19.7. The van der Waals surface area contributed by atoms with Gasteiger partial charge in [0.15, 0.2) is 0 Å². The fourth-order valence-electron chi connectivity index (χ4n) is 2.64. The van der Waals surface area contributed by atoms with Crippen molar-refractivity contribution in [2.45, 2.75) is 0 Å². The molecule has 0 saturated carbocycles. The first-order chi connectivity index (χ1) is 12.8. The standard InChI is InChI=1S/C19H15ClFN3O3/c1-24(2)18(25)12-9-22-17(11-4-3-5-13(20)16(11)12)23-15-7-6-10(19(26)27)8-14(15)21/h3-9H,1-2H3,(H,22,23)(H,26,27). The molecule has 0 radical (unpaired) electrons. The van der Waals surface area contributed by atoms with E-state index in [2.05, 4.69) is 10.3 Å². The van der Waals surface area contributed by atoms with E-state index in [1.807, 2.05) is 0 Å². The van der Waals surface area contributed by atoms with Crippen molar-refractivity contribution >= 4 is 45.8 Å². The van der Waals surface area contributed by atoms with Crippen molar-refractivity contribution in [3.63, 3.8) is 0 Å². The van der Waals surface area contributed by atoms with Crippen LogP contribution in [0.3, 0.4) is 0 Å². The van der Waals surface area contributed by atoms with Crippen molar-refractivity contribution in [1.82, 2.24) is 9.88 Å². The van der Waals surface area contributed by atoms with Crippen LogP contribution in [-0.2, 0) is 0 Å². The van der Waals surface area contributed by atoms with Gasteiger partial charge in [0.1, 0.15) is 11.6 Å². The van der Waals surface area contributed by atoms with Gasteiger partial charge in [0.2, 0.25) is 0 Å². The van der Waals surface area contributed by atoms with Gasteiger partial charge in [-0.15, -0.1) is 0 Å². The highest BCUT2D eigenvalue weighted by Gasteiger charge is 2.18. The van der Waals surface area contributed by atoms with Gasteiger partial charge in [-0.05, 0) is 24.3 Å². The normalized spacial score (nSPS) is 10.7. The molecule has 0 bridgehead atoms. The van der Waals surface area contributed by atoms with Crippen LogP contribution in [0.4, 0.5) is 15.9 Å². The van der Waals surface area contributed by atoms with Gasteiger partial charge in [0, 0.05) is 36.1 Å². The number of amides is 1. The van der Waals surface area contributed by atoms with Gasteiger partial charge in [-0.2, -0.15) is 0 Å². The zero-order valence-corrected chi connectivity index (χ0v) is 15.2. The lowest BCUT2D eigenvalue weighted by Crippen LogP contribution is -2.22. The summed E-state index contributed by atoms with van der Waals surface area (Å²) in [5.74, 6) is -1.92. The Balaban J connectivity index is 2.12. The lowest BCUT2D eigenvalue weighted by atomic mass is 10.1. The maximum absolute atomic E-state index is 14.2. The summed E-state index contributed by atoms with van der Waals surface area (Å²) >= 11 is 6.31. The molecule has 0 saturated heterocycles. The topological polar surface area (TPSA) is 82.5 Å². The number of fused-ring (bicyclic) bond motifs is 1. The summed E-state index contributed by atoms with van der Waals surface area (Å²) in [6.07, 6.45) is 1.38. The van der Waals surface area contributed by atoms with Crippen molar-refractivity contribution in [2.24, 2.45) is 0 Å². The highest BCUT2D eigenvalue weighted by molar-refractivity contribution is 6.37. The third-order valence-corrected chi connectivity index (χ3v) is 4.28. The molecule has 2 N–H and O–H groups in total. The molecule has 3 aromatic rings. The minimum atomic E-state index is -1.22. The number of carbonyl (C=O) groups is 2. The molecule has 27 heavy (non-hydrogen) atoms. The number of carboxylic acids is 1. The molecule has 3 rings (SSSR count). The molecular formula is C19H15ClFN3O3. The van der Waals surface area contributed by atoms with Gasteiger partial charge < -0.3 is 15.3 Å². The molecule has 1 heterocycles. The maximum Gasteiger partial charge on any atom is 0.335 e. The van der Waals surface area contributed by atoms with E-state index in [4.69, 9.17) is 16.7 Å². The molecule has 138 valence electrons. The van der Waals surface area contributed by atoms with Gasteiger partial charge in [-0.25, -0.2) is 14.2 Å². The van der Waals surface area contributed by atoms with Crippen molar-refractivity contribution in [1.29, 1.82) is 0 Å². The number of nitrogens with zero attached hydrogens (tertiary/aromatic N) is 2. The Bertz CT molecular complexity index is 1070. The van der Waals surface area contributed by atoms with E-state index in [-0.39, 0.29) is 17.2 Å². The SMILES string of the molecule is CN(C)C(=O)c1cnc(Nc2ccc(C(=O)O)cc2F)c2cccc(Cl)c12. The summed E-state index contributed by atoms with van der Waals surface area (Å²) in [6, 6.07) is 8.59. The predicted molar refractivity (Wildman–Crippen MR) is 101 cm³/mol. The van der Waals surface area contributed by atoms with Crippen LogP contribution in [0, 0.1) is 5.82 Å². The Morgan fingerprint density at radius 1 is 1.22 bits per heavy atom. The summed E-state index contributed by atoms with van der Waals surface area (Å²) in [7, 11) is 3.24. The molecule has 0 aliphatic carbocycles.